The van der Waals surface area contributed by atoms with Gasteiger partial charge < -0.3 is 47.4 Å². The lowest BCUT2D eigenvalue weighted by atomic mass is 10.1. The Balaban J connectivity index is 0.000000281. The van der Waals surface area contributed by atoms with Crippen LogP contribution in [0.5, 0.6) is 0 Å². The van der Waals surface area contributed by atoms with Crippen molar-refractivity contribution in [3.05, 3.63) is 77.6 Å². The second-order valence-electron chi connectivity index (χ2n) is 15.0. The van der Waals surface area contributed by atoms with Crippen molar-refractivity contribution in [2.45, 2.75) is 88.9 Å². The SMILES string of the molecule is CO[C@H]1C(O)[C@@H](CN2CCOCC2)O[C@H]1n1ccc(=O)[nH]c1=O.CP.[C-]#[N+]CCOP(OC1[C@@H](CN2CCOCC2)O[C@@H](n2ccc(=O)[nH]c2=O)[C@H]1OC)N(C(C)C)C(C)C. The summed E-state index contributed by atoms with van der Waals surface area (Å²) in [6, 6.07) is 2.77. The van der Waals surface area contributed by atoms with E-state index in [1.807, 2.05) is 6.66 Å². The summed E-state index contributed by atoms with van der Waals surface area (Å²) in [6.07, 6.45) is -2.52. The molecule has 4 aliphatic heterocycles. The molecule has 10 atom stereocenters. The molecule has 2 aromatic rings. The smallest absolute Gasteiger partial charge is 0.330 e. The molecule has 4 aliphatic rings. The largest absolute Gasteiger partial charge is 0.387 e. The predicted molar refractivity (Wildman–Crippen MR) is 230 cm³/mol. The number of nitrogens with one attached hydrogen (secondary N) is 2. The monoisotopic (exact) mass is 902 g/mol. The lowest BCUT2D eigenvalue weighted by Gasteiger charge is -2.38. The third-order valence-corrected chi connectivity index (χ3v) is 12.5. The summed E-state index contributed by atoms with van der Waals surface area (Å²) >= 11 is 0. The zero-order valence-electron chi connectivity index (χ0n) is 36.1. The van der Waals surface area contributed by atoms with Crippen LogP contribution in [0, 0.1) is 6.57 Å². The van der Waals surface area contributed by atoms with Crippen LogP contribution < -0.4 is 22.5 Å². The van der Waals surface area contributed by atoms with Gasteiger partial charge in [0.15, 0.2) is 12.5 Å². The van der Waals surface area contributed by atoms with E-state index in [0.717, 1.165) is 26.2 Å². The van der Waals surface area contributed by atoms with Gasteiger partial charge in [-0.05, 0) is 27.7 Å². The summed E-state index contributed by atoms with van der Waals surface area (Å²) in [5.41, 5.74) is -2.14. The molecule has 23 heteroatoms. The fourth-order valence-electron chi connectivity index (χ4n) is 7.53. The average molecular weight is 903 g/mol. The summed E-state index contributed by atoms with van der Waals surface area (Å²) in [5, 5.41) is 10.5. The normalized spacial score (nSPS) is 27.7. The number of hydrogen-bond acceptors (Lipinski definition) is 16. The number of aliphatic hydroxyl groups excluding tert-OH is 1. The topological polar surface area (TPSA) is 218 Å². The van der Waals surface area contributed by atoms with Gasteiger partial charge in [0.25, 0.3) is 19.6 Å². The Kier molecular flexibility index (Phi) is 21.3. The van der Waals surface area contributed by atoms with Crippen molar-refractivity contribution in [2.75, 3.05) is 99.7 Å². The van der Waals surface area contributed by atoms with Crippen molar-refractivity contribution in [1.29, 1.82) is 0 Å². The molecular formula is C38H64N8O13P2. The summed E-state index contributed by atoms with van der Waals surface area (Å²) in [7, 11) is 3.86. The molecule has 4 unspecified atom stereocenters. The maximum absolute atomic E-state index is 12.6. The zero-order valence-corrected chi connectivity index (χ0v) is 38.2. The number of aromatic nitrogens is 4. The Morgan fingerprint density at radius 3 is 1.70 bits per heavy atom. The molecule has 4 saturated heterocycles. The zero-order chi connectivity index (χ0) is 44.6. The van der Waals surface area contributed by atoms with E-state index >= 15 is 0 Å². The van der Waals surface area contributed by atoms with Gasteiger partial charge >= 0.3 is 11.4 Å². The minimum atomic E-state index is -1.57. The van der Waals surface area contributed by atoms with Gasteiger partial charge in [-0.15, -0.1) is 9.24 Å². The van der Waals surface area contributed by atoms with Gasteiger partial charge in [0.05, 0.1) is 26.4 Å². The molecule has 6 rings (SSSR count). The first-order valence-corrected chi connectivity index (χ1v) is 22.7. The highest BCUT2D eigenvalue weighted by molar-refractivity contribution is 7.44. The maximum Gasteiger partial charge on any atom is 0.330 e. The molecular weight excluding hydrogens is 838 g/mol. The van der Waals surface area contributed by atoms with Crippen molar-refractivity contribution in [2.24, 2.45) is 0 Å². The van der Waals surface area contributed by atoms with Crippen LogP contribution in [0.4, 0.5) is 0 Å². The van der Waals surface area contributed by atoms with E-state index in [9.17, 15) is 24.3 Å². The number of hydrogen-bond donors (Lipinski definition) is 3. The molecule has 0 aromatic carbocycles. The van der Waals surface area contributed by atoms with Crippen LogP contribution in [0.1, 0.15) is 40.2 Å². The summed E-state index contributed by atoms with van der Waals surface area (Å²) in [6.45, 7) is 24.5. The molecule has 344 valence electrons. The van der Waals surface area contributed by atoms with Crippen LogP contribution in [0.15, 0.2) is 43.7 Å². The number of nitrogens with zero attached hydrogens (tertiary/aromatic N) is 6. The van der Waals surface area contributed by atoms with E-state index in [4.69, 9.17) is 44.0 Å². The molecule has 0 saturated carbocycles. The van der Waals surface area contributed by atoms with Crippen molar-refractivity contribution < 1.29 is 42.6 Å². The maximum atomic E-state index is 12.6. The first-order chi connectivity index (χ1) is 29.4. The molecule has 61 heavy (non-hydrogen) atoms. The molecule has 0 aliphatic carbocycles. The minimum absolute atomic E-state index is 0.127. The lowest BCUT2D eigenvalue weighted by molar-refractivity contribution is -0.0642. The van der Waals surface area contributed by atoms with Gasteiger partial charge in [0, 0.05) is 90.1 Å². The number of H-pyrrole nitrogens is 2. The van der Waals surface area contributed by atoms with Gasteiger partial charge in [-0.1, -0.05) is 6.66 Å². The molecule has 2 aromatic heterocycles. The molecule has 0 spiro atoms. The van der Waals surface area contributed by atoms with Gasteiger partial charge in [-0.3, -0.25) is 38.5 Å². The van der Waals surface area contributed by atoms with Crippen LogP contribution in [-0.4, -0.2) is 187 Å². The number of rotatable bonds is 16. The molecule has 21 nitrogen and oxygen atoms in total. The lowest BCUT2D eigenvalue weighted by Crippen LogP contribution is -2.46. The van der Waals surface area contributed by atoms with E-state index in [1.165, 1.54) is 40.8 Å². The molecule has 3 N–H and O–H groups in total. The van der Waals surface area contributed by atoms with Crippen molar-refractivity contribution in [1.82, 2.24) is 33.6 Å². The van der Waals surface area contributed by atoms with E-state index in [2.05, 4.69) is 66.2 Å². The Morgan fingerprint density at radius 1 is 0.803 bits per heavy atom. The highest BCUT2D eigenvalue weighted by Crippen LogP contribution is 2.50. The summed E-state index contributed by atoms with van der Waals surface area (Å²) in [5.74, 6) is 0. The molecule has 6 heterocycles. The molecule has 0 bridgehead atoms. The first kappa shape index (κ1) is 50.9. The van der Waals surface area contributed by atoms with Gasteiger partial charge in [-0.25, -0.2) is 20.8 Å². The van der Waals surface area contributed by atoms with Crippen molar-refractivity contribution in [3.8, 4) is 0 Å². The quantitative estimate of drug-likeness (QED) is 0.116. The van der Waals surface area contributed by atoms with Crippen LogP contribution in [0.2, 0.25) is 0 Å². The van der Waals surface area contributed by atoms with Crippen molar-refractivity contribution in [3.63, 3.8) is 0 Å². The van der Waals surface area contributed by atoms with E-state index < -0.39 is 80.1 Å². The van der Waals surface area contributed by atoms with Crippen LogP contribution in [-0.2, 0) is 37.5 Å². The Morgan fingerprint density at radius 2 is 1.26 bits per heavy atom. The second-order valence-corrected chi connectivity index (χ2v) is 16.4. The fraction of sp³-hybridized carbons (Fsp3) is 0.763. The number of morpholine rings is 2. The third kappa shape index (κ3) is 13.9. The van der Waals surface area contributed by atoms with Crippen LogP contribution >= 0.6 is 17.8 Å². The number of aliphatic hydroxyl groups is 1. The Hall–Kier alpha value is -2.77. The van der Waals surface area contributed by atoms with Crippen molar-refractivity contribution >= 4 is 17.8 Å². The van der Waals surface area contributed by atoms with Crippen LogP contribution in [0.25, 0.3) is 4.85 Å². The number of ether oxygens (including phenoxy) is 6. The summed E-state index contributed by atoms with van der Waals surface area (Å²) in [4.78, 5) is 59.7. The highest BCUT2D eigenvalue weighted by Gasteiger charge is 2.50. The third-order valence-electron chi connectivity index (χ3n) is 10.3. The average Bonchev–Trinajstić information content (AvgIpc) is 3.73. The highest BCUT2D eigenvalue weighted by atomic mass is 31.2. The summed E-state index contributed by atoms with van der Waals surface area (Å²) < 4.78 is 51.8. The van der Waals surface area contributed by atoms with Crippen LogP contribution in [0.3, 0.4) is 0 Å². The van der Waals surface area contributed by atoms with Gasteiger partial charge in [0.2, 0.25) is 6.54 Å². The number of aromatic amines is 2. The molecule has 0 radical (unpaired) electrons. The van der Waals surface area contributed by atoms with E-state index in [1.54, 1.807) is 7.11 Å². The van der Waals surface area contributed by atoms with Gasteiger partial charge in [0.1, 0.15) is 43.2 Å². The second kappa shape index (κ2) is 25.5. The molecule has 0 amide bonds. The first-order valence-electron chi connectivity index (χ1n) is 20.4. The van der Waals surface area contributed by atoms with Gasteiger partial charge in [-0.2, -0.15) is 0 Å². The van der Waals surface area contributed by atoms with E-state index in [0.29, 0.717) is 39.5 Å². The molecule has 4 fully saturated rings. The number of methoxy groups -OCH3 is 2. The minimum Gasteiger partial charge on any atom is -0.387 e. The fourth-order valence-corrected chi connectivity index (χ4v) is 9.29. The van der Waals surface area contributed by atoms with E-state index in [-0.39, 0.29) is 25.2 Å². The predicted octanol–water partition coefficient (Wildman–Crippen LogP) is 0.0814. The Labute approximate surface area is 359 Å². The Bertz CT molecular complexity index is 1870. The standard InChI is InChI=1S/C23H38N5O7P.C14H21N3O6.CH5P/c1-16(2)28(17(3)4)36(33-12-8-24-5)35-20-18(15-26-10-13-32-14-11-26)34-22(21(20)31-6)27-9-7-19(29)25-23(27)30;1-21-12-11(19)9(8-16-4-6-22-7-5-16)23-13(12)17-3-2-10(18)15-14(17)20;1-2/h7,9,16-18,20-22H,8,10-15H2,1-4,6H3,(H,25,29,30);2-3,9,11-13,19H,4-8H2,1H3,(H,15,18,20);2H2,1H3/t18-,20?,21+,22-,36?;9-,11?,12+,13-;/m11./s1.